The average molecular weight is 379 g/mol. The van der Waals surface area contributed by atoms with Gasteiger partial charge in [0.25, 0.3) is 0 Å². The lowest BCUT2D eigenvalue weighted by Gasteiger charge is -2.25. The molecule has 146 valence electrons. The number of rotatable bonds is 7. The lowest BCUT2D eigenvalue weighted by Crippen LogP contribution is -2.45. The maximum Gasteiger partial charge on any atom is 0.315 e. The van der Waals surface area contributed by atoms with Gasteiger partial charge in [-0.15, -0.1) is 0 Å². The molecule has 4 nitrogen and oxygen atoms in total. The maximum atomic E-state index is 12.9. The van der Waals surface area contributed by atoms with Crippen LogP contribution >= 0.6 is 0 Å². The van der Waals surface area contributed by atoms with E-state index in [2.05, 4.69) is 51.9 Å². The van der Waals surface area contributed by atoms with Crippen molar-refractivity contribution in [3.8, 4) is 0 Å². The van der Waals surface area contributed by atoms with Gasteiger partial charge in [0.1, 0.15) is 5.82 Å². The molecule has 2 amide bonds. The Kier molecular flexibility index (Phi) is 6.61. The van der Waals surface area contributed by atoms with Gasteiger partial charge >= 0.3 is 6.03 Å². The standard InChI is InChI=1S/C23H26FN3O/c1-27(2)21(14-19-8-5-7-18-6-3-4-9-22(18)19)16-26-23(28)25-15-17-10-12-20(24)13-11-17/h3-13,21H,14-16H2,1-2H3,(H2,25,26,28)/t21-/m0/s1. The molecule has 0 saturated heterocycles. The Morgan fingerprint density at radius 1 is 0.964 bits per heavy atom. The van der Waals surface area contributed by atoms with Crippen molar-refractivity contribution in [1.29, 1.82) is 0 Å². The molecule has 5 heteroatoms. The van der Waals surface area contributed by atoms with Crippen LogP contribution in [0.5, 0.6) is 0 Å². The van der Waals surface area contributed by atoms with E-state index in [-0.39, 0.29) is 17.9 Å². The van der Waals surface area contributed by atoms with Crippen molar-refractivity contribution in [2.75, 3.05) is 20.6 Å². The Labute approximate surface area is 165 Å². The minimum Gasteiger partial charge on any atom is -0.337 e. The first-order chi connectivity index (χ1) is 13.5. The van der Waals surface area contributed by atoms with Gasteiger partial charge in [-0.1, -0.05) is 54.6 Å². The van der Waals surface area contributed by atoms with Crippen molar-refractivity contribution in [2.45, 2.75) is 19.0 Å². The SMILES string of the molecule is CN(C)[C@H](CNC(=O)NCc1ccc(F)cc1)Cc1cccc2ccccc12. The fourth-order valence-corrected chi connectivity index (χ4v) is 3.22. The molecule has 0 bridgehead atoms. The number of carbonyl (C=O) groups excluding carboxylic acids is 1. The van der Waals surface area contributed by atoms with E-state index in [9.17, 15) is 9.18 Å². The van der Waals surface area contributed by atoms with Crippen LogP contribution in [0, 0.1) is 5.82 Å². The number of hydrogen-bond acceptors (Lipinski definition) is 2. The minimum atomic E-state index is -0.282. The van der Waals surface area contributed by atoms with Gasteiger partial charge in [0.2, 0.25) is 0 Å². The second-order valence-corrected chi connectivity index (χ2v) is 7.15. The molecule has 0 heterocycles. The summed E-state index contributed by atoms with van der Waals surface area (Å²) in [6, 6.07) is 20.7. The Hall–Kier alpha value is -2.92. The predicted molar refractivity (Wildman–Crippen MR) is 112 cm³/mol. The number of likely N-dealkylation sites (N-methyl/N-ethyl adjacent to an activating group) is 1. The molecule has 0 aliphatic rings. The van der Waals surface area contributed by atoms with Crippen LogP contribution < -0.4 is 10.6 Å². The average Bonchev–Trinajstić information content (AvgIpc) is 2.70. The number of fused-ring (bicyclic) bond motifs is 1. The summed E-state index contributed by atoms with van der Waals surface area (Å²) in [7, 11) is 4.04. The number of benzene rings is 3. The van der Waals surface area contributed by atoms with E-state index in [1.54, 1.807) is 12.1 Å². The summed E-state index contributed by atoms with van der Waals surface area (Å²) in [4.78, 5) is 14.3. The second kappa shape index (κ2) is 9.33. The number of amides is 2. The molecule has 0 spiro atoms. The molecule has 0 saturated carbocycles. The van der Waals surface area contributed by atoms with Crippen molar-refractivity contribution < 1.29 is 9.18 Å². The van der Waals surface area contributed by atoms with Crippen LogP contribution in [-0.2, 0) is 13.0 Å². The summed E-state index contributed by atoms with van der Waals surface area (Å²) < 4.78 is 12.9. The first-order valence-corrected chi connectivity index (χ1v) is 9.42. The summed E-state index contributed by atoms with van der Waals surface area (Å²) in [5, 5.41) is 8.24. The van der Waals surface area contributed by atoms with E-state index in [1.165, 1.54) is 28.5 Å². The number of hydrogen-bond donors (Lipinski definition) is 2. The number of nitrogens with one attached hydrogen (secondary N) is 2. The molecular weight excluding hydrogens is 353 g/mol. The molecule has 0 radical (unpaired) electrons. The van der Waals surface area contributed by atoms with Gasteiger partial charge in [-0.2, -0.15) is 0 Å². The Bertz CT molecular complexity index is 919. The highest BCUT2D eigenvalue weighted by Gasteiger charge is 2.15. The molecule has 3 aromatic carbocycles. The van der Waals surface area contributed by atoms with Crippen LogP contribution in [-0.4, -0.2) is 37.6 Å². The van der Waals surface area contributed by atoms with Crippen LogP contribution in [0.4, 0.5) is 9.18 Å². The molecule has 3 rings (SSSR count). The van der Waals surface area contributed by atoms with Gasteiger partial charge in [-0.05, 0) is 54.5 Å². The lowest BCUT2D eigenvalue weighted by molar-refractivity contribution is 0.231. The van der Waals surface area contributed by atoms with Crippen molar-refractivity contribution in [3.63, 3.8) is 0 Å². The van der Waals surface area contributed by atoms with Crippen molar-refractivity contribution in [1.82, 2.24) is 15.5 Å². The molecular formula is C23H26FN3O. The highest BCUT2D eigenvalue weighted by molar-refractivity contribution is 5.85. The number of halogens is 1. The Morgan fingerprint density at radius 3 is 2.43 bits per heavy atom. The third-order valence-corrected chi connectivity index (χ3v) is 4.93. The molecule has 2 N–H and O–H groups in total. The molecule has 1 atom stereocenters. The Balaban J connectivity index is 1.57. The van der Waals surface area contributed by atoms with E-state index in [4.69, 9.17) is 0 Å². The van der Waals surface area contributed by atoms with E-state index < -0.39 is 0 Å². The fraction of sp³-hybridized carbons (Fsp3) is 0.261. The van der Waals surface area contributed by atoms with Gasteiger partial charge in [-0.25, -0.2) is 9.18 Å². The third-order valence-electron chi connectivity index (χ3n) is 4.93. The molecule has 0 fully saturated rings. The smallest absolute Gasteiger partial charge is 0.315 e. The number of nitrogens with zero attached hydrogens (tertiary/aromatic N) is 1. The van der Waals surface area contributed by atoms with Crippen LogP contribution in [0.3, 0.4) is 0 Å². The molecule has 0 unspecified atom stereocenters. The summed E-state index contributed by atoms with van der Waals surface area (Å²) in [6.07, 6.45) is 0.840. The molecule has 0 aliphatic carbocycles. The van der Waals surface area contributed by atoms with Crippen LogP contribution in [0.1, 0.15) is 11.1 Å². The van der Waals surface area contributed by atoms with Gasteiger partial charge in [0.05, 0.1) is 0 Å². The maximum absolute atomic E-state index is 12.9. The lowest BCUT2D eigenvalue weighted by atomic mass is 9.98. The number of carbonyl (C=O) groups is 1. The van der Waals surface area contributed by atoms with E-state index in [0.717, 1.165) is 12.0 Å². The predicted octanol–water partition coefficient (Wildman–Crippen LogP) is 3.95. The van der Waals surface area contributed by atoms with Gasteiger partial charge < -0.3 is 15.5 Å². The van der Waals surface area contributed by atoms with Crippen molar-refractivity contribution >= 4 is 16.8 Å². The zero-order valence-corrected chi connectivity index (χ0v) is 16.3. The molecule has 3 aromatic rings. The zero-order valence-electron chi connectivity index (χ0n) is 16.3. The molecule has 28 heavy (non-hydrogen) atoms. The molecule has 0 aliphatic heterocycles. The normalized spacial score (nSPS) is 12.1. The second-order valence-electron chi connectivity index (χ2n) is 7.15. The van der Waals surface area contributed by atoms with Gasteiger partial charge in [0, 0.05) is 19.1 Å². The highest BCUT2D eigenvalue weighted by atomic mass is 19.1. The summed E-state index contributed by atoms with van der Waals surface area (Å²) in [5.41, 5.74) is 2.13. The van der Waals surface area contributed by atoms with Crippen LogP contribution in [0.25, 0.3) is 10.8 Å². The first kappa shape index (κ1) is 19.8. The zero-order chi connectivity index (χ0) is 19.9. The largest absolute Gasteiger partial charge is 0.337 e. The van der Waals surface area contributed by atoms with Crippen LogP contribution in [0.2, 0.25) is 0 Å². The summed E-state index contributed by atoms with van der Waals surface area (Å²) >= 11 is 0. The highest BCUT2D eigenvalue weighted by Crippen LogP contribution is 2.20. The van der Waals surface area contributed by atoms with Crippen molar-refractivity contribution in [2.24, 2.45) is 0 Å². The van der Waals surface area contributed by atoms with E-state index in [1.807, 2.05) is 20.2 Å². The summed E-state index contributed by atoms with van der Waals surface area (Å²) in [6.45, 7) is 0.896. The van der Waals surface area contributed by atoms with Gasteiger partial charge in [-0.3, -0.25) is 0 Å². The quantitative estimate of drug-likeness (QED) is 0.653. The first-order valence-electron chi connectivity index (χ1n) is 9.42. The number of urea groups is 1. The third kappa shape index (κ3) is 5.30. The van der Waals surface area contributed by atoms with Crippen LogP contribution in [0.15, 0.2) is 66.7 Å². The van der Waals surface area contributed by atoms with Crippen molar-refractivity contribution in [3.05, 3.63) is 83.7 Å². The van der Waals surface area contributed by atoms with E-state index in [0.29, 0.717) is 13.1 Å². The fourth-order valence-electron chi connectivity index (χ4n) is 3.22. The topological polar surface area (TPSA) is 44.4 Å². The minimum absolute atomic E-state index is 0.169. The van der Waals surface area contributed by atoms with E-state index >= 15 is 0 Å². The summed E-state index contributed by atoms with van der Waals surface area (Å²) in [5.74, 6) is -0.282. The van der Waals surface area contributed by atoms with Gasteiger partial charge in [0.15, 0.2) is 0 Å². The molecule has 0 aromatic heterocycles. The monoisotopic (exact) mass is 379 g/mol. The Morgan fingerprint density at radius 2 is 1.68 bits per heavy atom.